The Hall–Kier alpha value is -1.29. The van der Waals surface area contributed by atoms with E-state index in [9.17, 15) is 9.90 Å². The zero-order valence-corrected chi connectivity index (χ0v) is 12.4. The van der Waals surface area contributed by atoms with Crippen LogP contribution in [0.3, 0.4) is 0 Å². The lowest BCUT2D eigenvalue weighted by Crippen LogP contribution is -2.28. The van der Waals surface area contributed by atoms with Crippen LogP contribution in [0.4, 0.5) is 0 Å². The third-order valence-electron chi connectivity index (χ3n) is 4.57. The number of aliphatic hydroxyl groups excluding tert-OH is 1. The second-order valence-corrected chi connectivity index (χ2v) is 6.93. The predicted molar refractivity (Wildman–Crippen MR) is 75.5 cm³/mol. The van der Waals surface area contributed by atoms with Crippen molar-refractivity contribution < 1.29 is 19.4 Å². The average molecular weight is 280 g/mol. The minimum Gasteiger partial charge on any atom is -0.475 e. The molecule has 0 aromatic carbocycles. The van der Waals surface area contributed by atoms with Crippen LogP contribution in [0, 0.1) is 17.3 Å². The van der Waals surface area contributed by atoms with E-state index < -0.39 is 12.1 Å². The Kier molecular flexibility index (Phi) is 4.23. The molecular formula is C16H24O4. The summed E-state index contributed by atoms with van der Waals surface area (Å²) >= 11 is 0. The highest BCUT2D eigenvalue weighted by Crippen LogP contribution is 2.43. The van der Waals surface area contributed by atoms with Gasteiger partial charge in [-0.1, -0.05) is 20.8 Å². The molecule has 0 spiro atoms. The van der Waals surface area contributed by atoms with Crippen LogP contribution in [0.15, 0.2) is 16.5 Å². The molecule has 20 heavy (non-hydrogen) atoms. The van der Waals surface area contributed by atoms with Gasteiger partial charge in [0.2, 0.25) is 5.76 Å². The van der Waals surface area contributed by atoms with Gasteiger partial charge in [0, 0.05) is 0 Å². The smallest absolute Gasteiger partial charge is 0.371 e. The second-order valence-electron chi connectivity index (χ2n) is 6.93. The molecule has 1 saturated carbocycles. The summed E-state index contributed by atoms with van der Waals surface area (Å²) in [6.45, 7) is 6.79. The van der Waals surface area contributed by atoms with Crippen molar-refractivity contribution in [3.05, 3.63) is 23.7 Å². The maximum absolute atomic E-state index is 10.8. The van der Waals surface area contributed by atoms with Crippen LogP contribution in [0.1, 0.15) is 68.9 Å². The standard InChI is InChI=1S/C16H24O4/c1-16(2,3)11-6-4-10(5-7-11)14(17)12-8-9-13(20-12)15(18)19/h8-11,14,17H,4-7H2,1-3H3,(H,18,19). The molecule has 1 fully saturated rings. The summed E-state index contributed by atoms with van der Waals surface area (Å²) < 4.78 is 5.20. The first kappa shape index (κ1) is 15.1. The Morgan fingerprint density at radius 3 is 2.30 bits per heavy atom. The van der Waals surface area contributed by atoms with E-state index in [0.717, 1.165) is 25.7 Å². The molecule has 0 aliphatic heterocycles. The third kappa shape index (κ3) is 3.23. The Morgan fingerprint density at radius 2 is 1.85 bits per heavy atom. The Bertz CT molecular complexity index is 461. The van der Waals surface area contributed by atoms with E-state index in [4.69, 9.17) is 9.52 Å². The summed E-state index contributed by atoms with van der Waals surface area (Å²) in [7, 11) is 0. The van der Waals surface area contributed by atoms with Gasteiger partial charge in [-0.25, -0.2) is 4.79 Å². The molecule has 2 N–H and O–H groups in total. The van der Waals surface area contributed by atoms with Gasteiger partial charge in [0.1, 0.15) is 11.9 Å². The molecule has 112 valence electrons. The highest BCUT2D eigenvalue weighted by molar-refractivity contribution is 5.84. The molecule has 1 aliphatic carbocycles. The van der Waals surface area contributed by atoms with Gasteiger partial charge in [0.05, 0.1) is 0 Å². The summed E-state index contributed by atoms with van der Waals surface area (Å²) in [5, 5.41) is 19.2. The molecule has 0 saturated heterocycles. The fraction of sp³-hybridized carbons (Fsp3) is 0.688. The Labute approximate surface area is 119 Å². The summed E-state index contributed by atoms with van der Waals surface area (Å²) in [5.41, 5.74) is 0.317. The van der Waals surface area contributed by atoms with E-state index in [1.165, 1.54) is 6.07 Å². The molecule has 0 radical (unpaired) electrons. The summed E-state index contributed by atoms with van der Waals surface area (Å²) in [6, 6.07) is 2.98. The second kappa shape index (κ2) is 5.60. The zero-order chi connectivity index (χ0) is 14.9. The van der Waals surface area contributed by atoms with Gasteiger partial charge in [-0.05, 0) is 55.1 Å². The highest BCUT2D eigenvalue weighted by atomic mass is 16.4. The van der Waals surface area contributed by atoms with Crippen LogP contribution in [0.2, 0.25) is 0 Å². The van der Waals surface area contributed by atoms with Gasteiger partial charge in [-0.2, -0.15) is 0 Å². The molecule has 1 atom stereocenters. The lowest BCUT2D eigenvalue weighted by molar-refractivity contribution is 0.0370. The first-order valence-corrected chi connectivity index (χ1v) is 7.30. The molecule has 4 nitrogen and oxygen atoms in total. The van der Waals surface area contributed by atoms with Crippen molar-refractivity contribution in [3.63, 3.8) is 0 Å². The molecule has 0 bridgehead atoms. The van der Waals surface area contributed by atoms with Crippen molar-refractivity contribution >= 4 is 5.97 Å². The lowest BCUT2D eigenvalue weighted by atomic mass is 9.69. The minimum absolute atomic E-state index is 0.109. The van der Waals surface area contributed by atoms with Crippen molar-refractivity contribution in [1.82, 2.24) is 0 Å². The van der Waals surface area contributed by atoms with Gasteiger partial charge in [0.25, 0.3) is 0 Å². The maximum Gasteiger partial charge on any atom is 0.371 e. The lowest BCUT2D eigenvalue weighted by Gasteiger charge is -2.38. The normalized spacial score (nSPS) is 25.4. The first-order chi connectivity index (χ1) is 9.29. The number of aromatic carboxylic acids is 1. The number of hydrogen-bond acceptors (Lipinski definition) is 3. The molecule has 0 amide bonds. The van der Waals surface area contributed by atoms with Gasteiger partial charge >= 0.3 is 5.97 Å². The van der Waals surface area contributed by atoms with Crippen LogP contribution in [0.5, 0.6) is 0 Å². The number of carbonyl (C=O) groups is 1. The molecule has 1 unspecified atom stereocenters. The molecule has 1 aliphatic rings. The van der Waals surface area contributed by atoms with Crippen LogP contribution in [-0.2, 0) is 0 Å². The topological polar surface area (TPSA) is 70.7 Å². The Morgan fingerprint density at radius 1 is 1.25 bits per heavy atom. The predicted octanol–water partition coefficient (Wildman–Crippen LogP) is 3.86. The van der Waals surface area contributed by atoms with Gasteiger partial charge in [0.15, 0.2) is 0 Å². The largest absolute Gasteiger partial charge is 0.475 e. The summed E-state index contributed by atoms with van der Waals surface area (Å²) in [4.78, 5) is 10.8. The van der Waals surface area contributed by atoms with Crippen LogP contribution in [0.25, 0.3) is 0 Å². The molecular weight excluding hydrogens is 256 g/mol. The quantitative estimate of drug-likeness (QED) is 0.881. The van der Waals surface area contributed by atoms with Crippen molar-refractivity contribution in [3.8, 4) is 0 Å². The minimum atomic E-state index is -1.10. The van der Waals surface area contributed by atoms with Crippen LogP contribution in [-0.4, -0.2) is 16.2 Å². The number of hydrogen-bond donors (Lipinski definition) is 2. The number of carboxylic acid groups (broad SMARTS) is 1. The molecule has 1 aromatic heterocycles. The molecule has 1 heterocycles. The fourth-order valence-electron chi connectivity index (χ4n) is 3.16. The van der Waals surface area contributed by atoms with E-state index in [1.807, 2.05) is 0 Å². The SMILES string of the molecule is CC(C)(C)C1CCC(C(O)c2ccc(C(=O)O)o2)CC1. The third-order valence-corrected chi connectivity index (χ3v) is 4.57. The number of aliphatic hydroxyl groups is 1. The van der Waals surface area contributed by atoms with E-state index >= 15 is 0 Å². The van der Waals surface area contributed by atoms with Crippen molar-refractivity contribution in [2.75, 3.05) is 0 Å². The monoisotopic (exact) mass is 280 g/mol. The number of rotatable bonds is 3. The average Bonchev–Trinajstić information content (AvgIpc) is 2.86. The van der Waals surface area contributed by atoms with Gasteiger partial charge in [-0.3, -0.25) is 0 Å². The van der Waals surface area contributed by atoms with Crippen molar-refractivity contribution in [1.29, 1.82) is 0 Å². The van der Waals surface area contributed by atoms with E-state index in [0.29, 0.717) is 17.1 Å². The summed E-state index contributed by atoms with van der Waals surface area (Å²) in [5.74, 6) is 0.0300. The highest BCUT2D eigenvalue weighted by Gasteiger charge is 2.33. The van der Waals surface area contributed by atoms with Crippen LogP contribution >= 0.6 is 0 Å². The van der Waals surface area contributed by atoms with Crippen molar-refractivity contribution in [2.45, 2.75) is 52.6 Å². The fourth-order valence-corrected chi connectivity index (χ4v) is 3.16. The zero-order valence-electron chi connectivity index (χ0n) is 12.4. The molecule has 2 rings (SSSR count). The Balaban J connectivity index is 1.97. The number of furan rings is 1. The first-order valence-electron chi connectivity index (χ1n) is 7.30. The van der Waals surface area contributed by atoms with Crippen molar-refractivity contribution in [2.24, 2.45) is 17.3 Å². The van der Waals surface area contributed by atoms with E-state index in [1.54, 1.807) is 6.07 Å². The maximum atomic E-state index is 10.8. The summed E-state index contributed by atoms with van der Waals surface area (Å²) in [6.07, 6.45) is 3.46. The van der Waals surface area contributed by atoms with E-state index in [-0.39, 0.29) is 11.7 Å². The number of carboxylic acids is 1. The molecule has 4 heteroatoms. The van der Waals surface area contributed by atoms with Gasteiger partial charge in [-0.15, -0.1) is 0 Å². The molecule has 1 aromatic rings. The van der Waals surface area contributed by atoms with Crippen LogP contribution < -0.4 is 0 Å². The van der Waals surface area contributed by atoms with Gasteiger partial charge < -0.3 is 14.6 Å². The van der Waals surface area contributed by atoms with E-state index in [2.05, 4.69) is 20.8 Å².